The topological polar surface area (TPSA) is 200 Å². The summed E-state index contributed by atoms with van der Waals surface area (Å²) in [6, 6.07) is 0. The van der Waals surface area contributed by atoms with Crippen molar-refractivity contribution in [1.29, 1.82) is 0 Å². The molecular weight excluding hydrogens is 331 g/mol. The molecule has 0 aliphatic heterocycles. The first-order valence-electron chi connectivity index (χ1n) is 0. The Bertz CT molecular complexity index is 14.4. The summed E-state index contributed by atoms with van der Waals surface area (Å²) in [6.45, 7) is 0. The molecule has 11 heteroatoms. The van der Waals surface area contributed by atoms with Crippen LogP contribution in [0.5, 0.6) is 0 Å². The van der Waals surface area contributed by atoms with Crippen LogP contribution in [-0.4, -0.2) is 0 Å². The Hall–Kier alpha value is 1.88. The summed E-state index contributed by atoms with van der Waals surface area (Å²) in [5.41, 5.74) is 0. The van der Waals surface area contributed by atoms with Gasteiger partial charge in [-0.05, 0) is 0 Å². The molecule has 0 saturated carbocycles. The first-order valence-corrected chi connectivity index (χ1v) is 0. The minimum atomic E-state index is 0. The SMILES string of the molecule is [Ni+2].[Ni+2].[O-2].[O-2].[O-2].[O-2].[O-2].[O-2].[O-2].[V+5].[V+5]. The third-order valence-electron chi connectivity index (χ3n) is 0. The first-order chi connectivity index (χ1) is 0. The zero-order chi connectivity index (χ0) is 0. The molecule has 0 aliphatic carbocycles. The van der Waals surface area contributed by atoms with Crippen molar-refractivity contribution in [3.63, 3.8) is 0 Å². The fraction of sp³-hybridized carbons (Fsp3) is 0. The van der Waals surface area contributed by atoms with Crippen molar-refractivity contribution in [3.8, 4) is 0 Å². The van der Waals surface area contributed by atoms with E-state index < -0.39 is 0 Å². The third-order valence-corrected chi connectivity index (χ3v) is 0. The summed E-state index contributed by atoms with van der Waals surface area (Å²) in [5.74, 6) is 0. The smallest absolute Gasteiger partial charge is 2.00 e. The predicted octanol–water partition coefficient (Wildman–Crippen LogP) is -0.842. The van der Waals surface area contributed by atoms with Crippen LogP contribution in [0.15, 0.2) is 0 Å². The maximum Gasteiger partial charge on any atom is 5.00 e. The van der Waals surface area contributed by atoms with Gasteiger partial charge in [0.2, 0.25) is 0 Å². The van der Waals surface area contributed by atoms with E-state index in [1.807, 2.05) is 0 Å². The summed E-state index contributed by atoms with van der Waals surface area (Å²) >= 11 is 0. The van der Waals surface area contributed by atoms with Crippen LogP contribution in [0.2, 0.25) is 0 Å². The van der Waals surface area contributed by atoms with Gasteiger partial charge in [0.05, 0.1) is 0 Å². The van der Waals surface area contributed by atoms with E-state index in [-0.39, 0.29) is 108 Å². The quantitative estimate of drug-likeness (QED) is 0.498. The molecule has 0 aromatic heterocycles. The Morgan fingerprint density at radius 3 is 0.273 bits per heavy atom. The molecule has 0 radical (unpaired) electrons. The predicted molar refractivity (Wildman–Crippen MR) is 4.81 cm³/mol. The normalized spacial score (nSPS) is 0. The number of rotatable bonds is 0. The van der Waals surface area contributed by atoms with Crippen molar-refractivity contribution < 1.29 is 108 Å². The molecule has 72 valence electrons. The van der Waals surface area contributed by atoms with E-state index in [1.165, 1.54) is 0 Å². The summed E-state index contributed by atoms with van der Waals surface area (Å²) in [7, 11) is 0. The van der Waals surface area contributed by atoms with Gasteiger partial charge >= 0.3 is 70.1 Å². The van der Waals surface area contributed by atoms with Crippen LogP contribution < -0.4 is 0 Å². The minimum Gasteiger partial charge on any atom is -2.00 e. The standard InChI is InChI=1S/2Ni.7O.2V/q2*+2;7*-2;2*+5. The average Bonchev–Trinajstić information content (AvgIpc) is 0. The monoisotopic (exact) mass is 330 g/mol. The van der Waals surface area contributed by atoms with Crippen LogP contribution in [0.4, 0.5) is 0 Å². The van der Waals surface area contributed by atoms with E-state index in [9.17, 15) is 0 Å². The second-order valence-corrected chi connectivity index (χ2v) is 0. The fourth-order valence-corrected chi connectivity index (χ4v) is 0. The van der Waals surface area contributed by atoms with E-state index in [0.717, 1.165) is 0 Å². The number of hydrogen-bond acceptors (Lipinski definition) is 0. The molecule has 0 amide bonds. The van der Waals surface area contributed by atoms with Gasteiger partial charge in [-0.2, -0.15) is 0 Å². The van der Waals surface area contributed by atoms with Gasteiger partial charge in [0.25, 0.3) is 0 Å². The number of hydrogen-bond donors (Lipinski definition) is 0. The molecule has 0 unspecified atom stereocenters. The molecule has 7 nitrogen and oxygen atoms in total. The molecule has 0 heterocycles. The van der Waals surface area contributed by atoms with E-state index in [1.54, 1.807) is 0 Å². The maximum absolute atomic E-state index is 0. The van der Waals surface area contributed by atoms with Gasteiger partial charge in [-0.25, -0.2) is 0 Å². The van der Waals surface area contributed by atoms with Crippen LogP contribution in [0.1, 0.15) is 0 Å². The molecular formula is Ni2O7V2. The van der Waals surface area contributed by atoms with Gasteiger partial charge in [0.1, 0.15) is 0 Å². The largest absolute Gasteiger partial charge is 5.00 e. The molecule has 0 N–H and O–H groups in total. The van der Waals surface area contributed by atoms with E-state index in [0.29, 0.717) is 0 Å². The van der Waals surface area contributed by atoms with Crippen molar-refractivity contribution in [2.75, 3.05) is 0 Å². The molecule has 0 rings (SSSR count). The Morgan fingerprint density at radius 1 is 0.273 bits per heavy atom. The van der Waals surface area contributed by atoms with Crippen molar-refractivity contribution in [3.05, 3.63) is 0 Å². The molecule has 0 aromatic carbocycles. The second-order valence-electron chi connectivity index (χ2n) is 0. The first kappa shape index (κ1) is 516. The van der Waals surface area contributed by atoms with Gasteiger partial charge in [-0.1, -0.05) is 0 Å². The van der Waals surface area contributed by atoms with Gasteiger partial charge in [-0.3, -0.25) is 0 Å². The fourth-order valence-electron chi connectivity index (χ4n) is 0. The van der Waals surface area contributed by atoms with Crippen LogP contribution in [0, 0.1) is 0 Å². The van der Waals surface area contributed by atoms with Crippen molar-refractivity contribution in [1.82, 2.24) is 0 Å². The van der Waals surface area contributed by atoms with Crippen molar-refractivity contribution in [2.45, 2.75) is 0 Å². The molecule has 0 saturated heterocycles. The van der Waals surface area contributed by atoms with E-state index in [2.05, 4.69) is 0 Å². The summed E-state index contributed by atoms with van der Waals surface area (Å²) in [5, 5.41) is 0. The van der Waals surface area contributed by atoms with Crippen LogP contribution in [0.3, 0.4) is 0 Å². The Kier molecular flexibility index (Phi) is 18700. The Morgan fingerprint density at radius 2 is 0.273 bits per heavy atom. The zero-order valence-electron chi connectivity index (χ0n) is 4.38. The summed E-state index contributed by atoms with van der Waals surface area (Å²) in [4.78, 5) is 0. The Balaban J connectivity index is 0. The van der Waals surface area contributed by atoms with Crippen LogP contribution in [-0.2, 0) is 108 Å². The van der Waals surface area contributed by atoms with Crippen LogP contribution in [0.25, 0.3) is 0 Å². The van der Waals surface area contributed by atoms with E-state index in [4.69, 9.17) is 0 Å². The average molecular weight is 331 g/mol. The molecule has 0 aliphatic rings. The molecule has 0 bridgehead atoms. The molecule has 11 heavy (non-hydrogen) atoms. The minimum absolute atomic E-state index is 0. The second kappa shape index (κ2) is 399. The molecule has 0 aromatic rings. The zero-order valence-corrected chi connectivity index (χ0v) is 9.15. The third kappa shape index (κ3) is 329. The van der Waals surface area contributed by atoms with Gasteiger partial charge < -0.3 is 38.3 Å². The summed E-state index contributed by atoms with van der Waals surface area (Å²) in [6.07, 6.45) is 0. The van der Waals surface area contributed by atoms with Gasteiger partial charge in [0.15, 0.2) is 0 Å². The Labute approximate surface area is 108 Å². The van der Waals surface area contributed by atoms with Gasteiger partial charge in [-0.15, -0.1) is 0 Å². The molecule has 0 spiro atoms. The molecule has 0 fully saturated rings. The van der Waals surface area contributed by atoms with E-state index >= 15 is 0 Å². The van der Waals surface area contributed by atoms with Crippen LogP contribution >= 0.6 is 0 Å². The van der Waals surface area contributed by atoms with Gasteiger partial charge in [0, 0.05) is 0 Å². The molecule has 0 atom stereocenters. The van der Waals surface area contributed by atoms with Crippen molar-refractivity contribution in [2.24, 2.45) is 0 Å². The maximum atomic E-state index is 0. The summed E-state index contributed by atoms with van der Waals surface area (Å²) < 4.78 is 0. The van der Waals surface area contributed by atoms with Crippen molar-refractivity contribution >= 4 is 0 Å².